The molecule has 2 aromatic heterocycles. The van der Waals surface area contributed by atoms with Gasteiger partial charge in [-0.2, -0.15) is 13.2 Å². The van der Waals surface area contributed by atoms with Crippen molar-refractivity contribution in [1.82, 2.24) is 35.1 Å². The van der Waals surface area contributed by atoms with E-state index in [1.54, 1.807) is 39.3 Å². The Morgan fingerprint density at radius 1 is 1.07 bits per heavy atom. The molecule has 1 spiro atoms. The van der Waals surface area contributed by atoms with E-state index in [2.05, 4.69) is 21.9 Å². The number of carbonyl (C=O) groups is 5. The number of pyridine rings is 1. The number of ether oxygens (including phenoxy) is 3. The monoisotopic (exact) mass is 969 g/mol. The van der Waals surface area contributed by atoms with Crippen molar-refractivity contribution in [1.29, 1.82) is 0 Å². The number of rotatable bonds is 9. The van der Waals surface area contributed by atoms with Crippen molar-refractivity contribution >= 4 is 40.5 Å². The van der Waals surface area contributed by atoms with Crippen LogP contribution in [0, 0.1) is 11.3 Å². The molecule has 4 amide bonds. The number of fused-ring (bicyclic) bond motifs is 6. The maximum absolute atomic E-state index is 15.0. The first kappa shape index (κ1) is 50.3. The van der Waals surface area contributed by atoms with Gasteiger partial charge in [0.05, 0.1) is 36.2 Å². The molecule has 15 nitrogen and oxygen atoms in total. The van der Waals surface area contributed by atoms with E-state index < -0.39 is 70.5 Å². The van der Waals surface area contributed by atoms with Crippen LogP contribution in [-0.4, -0.2) is 118 Å². The molecule has 0 radical (unpaired) electrons. The number of alkyl halides is 3. The third kappa shape index (κ3) is 9.69. The summed E-state index contributed by atoms with van der Waals surface area (Å²) in [5, 5.41) is 4.85. The van der Waals surface area contributed by atoms with Crippen LogP contribution in [0.5, 0.6) is 0 Å². The Morgan fingerprint density at radius 2 is 1.84 bits per heavy atom. The van der Waals surface area contributed by atoms with Gasteiger partial charge in [0, 0.05) is 67.7 Å². The van der Waals surface area contributed by atoms with Crippen molar-refractivity contribution in [3.63, 3.8) is 0 Å². The van der Waals surface area contributed by atoms with Gasteiger partial charge in [-0.3, -0.25) is 34.0 Å². The molecule has 8 rings (SSSR count). The number of halogens is 3. The van der Waals surface area contributed by atoms with Crippen molar-refractivity contribution in [2.45, 2.75) is 116 Å². The summed E-state index contributed by atoms with van der Waals surface area (Å²) in [6, 6.07) is 9.49. The Bertz CT molecular complexity index is 2720. The molecule has 18 heteroatoms. The summed E-state index contributed by atoms with van der Waals surface area (Å²) in [5.74, 6) is -3.38. The Balaban J connectivity index is 1.24. The number of hydrogen-bond donors (Lipinski definition) is 2. The Labute approximate surface area is 405 Å². The molecule has 4 aromatic rings. The van der Waals surface area contributed by atoms with Crippen molar-refractivity contribution in [3.05, 3.63) is 89.8 Å². The van der Waals surface area contributed by atoms with Crippen LogP contribution in [0.25, 0.3) is 33.3 Å². The zero-order valence-electron chi connectivity index (χ0n) is 40.8. The second-order valence-electron chi connectivity index (χ2n) is 20.0. The van der Waals surface area contributed by atoms with Crippen LogP contribution in [0.3, 0.4) is 0 Å². The lowest BCUT2D eigenvalue weighted by Gasteiger charge is -2.36. The molecular weight excluding hydrogens is 908 g/mol. The van der Waals surface area contributed by atoms with Gasteiger partial charge in [0.15, 0.2) is 5.60 Å². The number of cyclic esters (lactones) is 1. The molecule has 0 saturated carbocycles. The lowest BCUT2D eigenvalue weighted by molar-refractivity contribution is -0.155. The van der Waals surface area contributed by atoms with Gasteiger partial charge in [-0.25, -0.2) is 5.43 Å². The molecule has 3 fully saturated rings. The third-order valence-corrected chi connectivity index (χ3v) is 14.1. The lowest BCUT2D eigenvalue weighted by atomic mass is 9.84. The van der Waals surface area contributed by atoms with E-state index in [1.807, 2.05) is 52.0 Å². The summed E-state index contributed by atoms with van der Waals surface area (Å²) in [6.07, 6.45) is -1.37. The average molecular weight is 970 g/mol. The van der Waals surface area contributed by atoms with E-state index >= 15 is 13.2 Å². The minimum atomic E-state index is -4.79. The fourth-order valence-electron chi connectivity index (χ4n) is 10.5. The second kappa shape index (κ2) is 19.6. The molecule has 6 heterocycles. The quantitative estimate of drug-likeness (QED) is 0.135. The fraction of sp³-hybridized carbons (Fsp3) is 0.500. The molecule has 70 heavy (non-hydrogen) atoms. The maximum atomic E-state index is 15.0. The number of esters is 1. The molecule has 2 aromatic carbocycles. The normalized spacial score (nSPS) is 22.9. The number of nitrogens with one attached hydrogen (secondary N) is 2. The number of benzene rings is 2. The summed E-state index contributed by atoms with van der Waals surface area (Å²) in [5.41, 5.74) is 4.99. The van der Waals surface area contributed by atoms with Crippen molar-refractivity contribution in [2.24, 2.45) is 11.3 Å². The summed E-state index contributed by atoms with van der Waals surface area (Å²) in [7, 11) is 1.61. The van der Waals surface area contributed by atoms with Gasteiger partial charge < -0.3 is 33.9 Å². The molecule has 5 atom stereocenters. The molecule has 4 aliphatic heterocycles. The number of aromatic nitrogens is 2. The van der Waals surface area contributed by atoms with E-state index in [4.69, 9.17) is 19.2 Å². The number of methoxy groups -OCH3 is 1. The predicted molar refractivity (Wildman–Crippen MR) is 254 cm³/mol. The Hall–Kier alpha value is -6.11. The van der Waals surface area contributed by atoms with Crippen LogP contribution < -0.4 is 10.7 Å². The van der Waals surface area contributed by atoms with Crippen LogP contribution in [0.4, 0.5) is 13.2 Å². The van der Waals surface area contributed by atoms with Gasteiger partial charge >= 0.3 is 12.1 Å². The van der Waals surface area contributed by atoms with E-state index in [9.17, 15) is 24.0 Å². The number of nitrogens with zero attached hydrogens (tertiary/aromatic N) is 5. The highest BCUT2D eigenvalue weighted by atomic mass is 19.4. The number of hydrogen-bond acceptors (Lipinski definition) is 10. The van der Waals surface area contributed by atoms with Crippen LogP contribution in [0.1, 0.15) is 89.3 Å². The molecule has 0 aliphatic carbocycles. The Morgan fingerprint density at radius 3 is 2.54 bits per heavy atom. The zero-order chi connectivity index (χ0) is 50.4. The number of hydrazine groups is 1. The van der Waals surface area contributed by atoms with Crippen LogP contribution in [0.15, 0.2) is 67.4 Å². The van der Waals surface area contributed by atoms with Gasteiger partial charge in [0.2, 0.25) is 11.8 Å². The van der Waals surface area contributed by atoms with Crippen LogP contribution in [-0.2, 0) is 63.7 Å². The first-order valence-corrected chi connectivity index (χ1v) is 23.9. The van der Waals surface area contributed by atoms with Gasteiger partial charge in [0.1, 0.15) is 24.9 Å². The highest BCUT2D eigenvalue weighted by Gasteiger charge is 2.56. The minimum Gasteiger partial charge on any atom is -0.464 e. The van der Waals surface area contributed by atoms with Crippen molar-refractivity contribution in [2.75, 3.05) is 40.1 Å². The van der Waals surface area contributed by atoms with Crippen molar-refractivity contribution < 1.29 is 51.4 Å². The zero-order valence-corrected chi connectivity index (χ0v) is 40.8. The van der Waals surface area contributed by atoms with Crippen LogP contribution in [0.2, 0.25) is 0 Å². The van der Waals surface area contributed by atoms with Crippen molar-refractivity contribution in [3.8, 4) is 22.4 Å². The number of likely N-dealkylation sites (tertiary alicyclic amines) is 1. The third-order valence-electron chi connectivity index (χ3n) is 14.1. The molecule has 6 bridgehead atoms. The highest BCUT2D eigenvalue weighted by molar-refractivity contribution is 5.97. The SMILES string of the molecule is C=CC(=O)N1CC[C@]2(C1)OCN([C@H](C(=O)N[C@H]1Cc3cc(cc(C(F)(F)F)c3)-c3ccc4c(c3)c(c(-c3cccnc3[C@H](C)OC)n4CC)CC(C)(C)COC(=O)[C@@H]3CCCN(N3)C1=O)C(C)C)C2=O. The first-order chi connectivity index (χ1) is 33.2. The summed E-state index contributed by atoms with van der Waals surface area (Å²) >= 11 is 0. The summed E-state index contributed by atoms with van der Waals surface area (Å²) in [4.78, 5) is 77.5. The largest absolute Gasteiger partial charge is 0.464 e. The van der Waals surface area contributed by atoms with Gasteiger partial charge in [-0.05, 0) is 104 Å². The molecule has 4 aliphatic rings. The molecule has 0 unspecified atom stereocenters. The van der Waals surface area contributed by atoms with Gasteiger partial charge in [0.25, 0.3) is 11.8 Å². The predicted octanol–water partition coefficient (Wildman–Crippen LogP) is 6.76. The topological polar surface area (TPSA) is 165 Å². The summed E-state index contributed by atoms with van der Waals surface area (Å²) < 4.78 is 65.2. The number of carbonyl (C=O) groups excluding carboxylic acids is 5. The van der Waals surface area contributed by atoms with Gasteiger partial charge in [-0.1, -0.05) is 46.4 Å². The van der Waals surface area contributed by atoms with E-state index in [0.29, 0.717) is 37.1 Å². The molecule has 2 N–H and O–H groups in total. The van der Waals surface area contributed by atoms with E-state index in [0.717, 1.165) is 45.9 Å². The smallest absolute Gasteiger partial charge is 0.416 e. The molecular formula is C52H62F3N7O8. The highest BCUT2D eigenvalue weighted by Crippen LogP contribution is 2.43. The fourth-order valence-corrected chi connectivity index (χ4v) is 10.5. The minimum absolute atomic E-state index is 0.000659. The summed E-state index contributed by atoms with van der Waals surface area (Å²) in [6.45, 7) is 15.5. The van der Waals surface area contributed by atoms with Gasteiger partial charge in [-0.15, -0.1) is 0 Å². The molecule has 3 saturated heterocycles. The number of aryl methyl sites for hydroxylation is 1. The number of amides is 4. The second-order valence-corrected chi connectivity index (χ2v) is 20.0. The molecule has 374 valence electrons. The Kier molecular flexibility index (Phi) is 14.1. The van der Waals surface area contributed by atoms with E-state index in [1.165, 1.54) is 14.8 Å². The standard InChI is InChI=1S/C52H62F3N7O8/c1-9-42(63)59-20-17-51(27-59)49(67)61(29-70-51)44(30(3)4)46(64)57-40-23-32-21-34(24-35(22-32)52(53,54)55)33-15-16-41-37(25-33)38(45(60(41)10-2)36-13-11-18-56-43(36)31(5)68-8)26-50(6,7)28-69-48(66)39-14-12-19-62(58-39)47(40)65/h9,11,13,15-16,18,21-22,24-25,30-31,39-40,44,58H,1,10,12,14,17,19-20,23,26-29H2,2-8H3,(H,57,64)/t31-,39-,40-,44-,51+/m0/s1. The van der Waals surface area contributed by atoms with Crippen LogP contribution >= 0.6 is 0 Å². The van der Waals surface area contributed by atoms with E-state index in [-0.39, 0.29) is 69.0 Å². The maximum Gasteiger partial charge on any atom is 0.416 e. The lowest BCUT2D eigenvalue weighted by Crippen LogP contribution is -2.62. The average Bonchev–Trinajstić information content (AvgIpc) is 4.01. The first-order valence-electron chi connectivity index (χ1n) is 23.9.